The maximum atomic E-state index is 5.96. The Morgan fingerprint density at radius 1 is 1.19 bits per heavy atom. The Bertz CT molecular complexity index is 448. The lowest BCUT2D eigenvalue weighted by molar-refractivity contribution is -0.0506. The van der Waals surface area contributed by atoms with Crippen molar-refractivity contribution in [3.05, 3.63) is 35.9 Å². The molecule has 2 bridgehead atoms. The summed E-state index contributed by atoms with van der Waals surface area (Å²) in [6.45, 7) is 8.07. The van der Waals surface area contributed by atoms with Gasteiger partial charge in [-0.15, -0.1) is 0 Å². The van der Waals surface area contributed by atoms with Gasteiger partial charge in [0.2, 0.25) is 0 Å². The molecule has 0 spiro atoms. The fourth-order valence-electron chi connectivity index (χ4n) is 4.15. The highest BCUT2D eigenvalue weighted by molar-refractivity contribution is 5.21. The second-order valence-electron chi connectivity index (χ2n) is 7.27. The number of rotatable bonds is 5. The van der Waals surface area contributed by atoms with Crippen molar-refractivity contribution in [2.24, 2.45) is 5.41 Å². The van der Waals surface area contributed by atoms with Crippen LogP contribution in [0.15, 0.2) is 30.3 Å². The van der Waals surface area contributed by atoms with Crippen LogP contribution in [-0.4, -0.2) is 43.8 Å². The van der Waals surface area contributed by atoms with Crippen LogP contribution in [0.1, 0.15) is 38.3 Å². The van der Waals surface area contributed by atoms with Crippen LogP contribution in [0.5, 0.6) is 0 Å². The van der Waals surface area contributed by atoms with E-state index in [0.717, 1.165) is 19.6 Å². The van der Waals surface area contributed by atoms with Crippen LogP contribution in [0, 0.1) is 5.41 Å². The Labute approximate surface area is 128 Å². The average Bonchev–Trinajstić information content (AvgIpc) is 2.79. The van der Waals surface area contributed by atoms with Crippen LogP contribution < -0.4 is 5.32 Å². The zero-order valence-corrected chi connectivity index (χ0v) is 13.5. The van der Waals surface area contributed by atoms with Crippen molar-refractivity contribution >= 4 is 0 Å². The SMILES string of the molecule is CNC(c1ccccc1)C(C)(C)CN1CC2CCC(C1)O2. The van der Waals surface area contributed by atoms with E-state index < -0.39 is 0 Å². The predicted molar refractivity (Wildman–Crippen MR) is 86.4 cm³/mol. The third-order valence-corrected chi connectivity index (χ3v) is 4.95. The first kappa shape index (κ1) is 15.0. The topological polar surface area (TPSA) is 24.5 Å². The van der Waals surface area contributed by atoms with E-state index in [9.17, 15) is 0 Å². The van der Waals surface area contributed by atoms with E-state index in [0.29, 0.717) is 18.2 Å². The number of benzene rings is 1. The molecule has 0 aliphatic carbocycles. The highest BCUT2D eigenvalue weighted by Crippen LogP contribution is 2.36. The number of hydrogen-bond donors (Lipinski definition) is 1. The van der Waals surface area contributed by atoms with Crippen molar-refractivity contribution in [2.75, 3.05) is 26.7 Å². The van der Waals surface area contributed by atoms with Gasteiger partial charge in [-0.2, -0.15) is 0 Å². The van der Waals surface area contributed by atoms with Crippen molar-refractivity contribution in [3.63, 3.8) is 0 Å². The zero-order chi connectivity index (χ0) is 14.9. The molecule has 2 saturated heterocycles. The number of hydrogen-bond acceptors (Lipinski definition) is 3. The van der Waals surface area contributed by atoms with Crippen LogP contribution in [0.3, 0.4) is 0 Å². The first-order valence-corrected chi connectivity index (χ1v) is 8.18. The molecule has 3 atom stereocenters. The van der Waals surface area contributed by atoms with E-state index in [4.69, 9.17) is 4.74 Å². The van der Waals surface area contributed by atoms with E-state index in [2.05, 4.69) is 61.4 Å². The van der Waals surface area contributed by atoms with Crippen molar-refractivity contribution in [3.8, 4) is 0 Å². The molecule has 3 nitrogen and oxygen atoms in total. The van der Waals surface area contributed by atoms with Crippen LogP contribution in [0.25, 0.3) is 0 Å². The summed E-state index contributed by atoms with van der Waals surface area (Å²) in [7, 11) is 2.07. The molecule has 2 aliphatic rings. The monoisotopic (exact) mass is 288 g/mol. The number of nitrogens with zero attached hydrogens (tertiary/aromatic N) is 1. The first-order chi connectivity index (χ1) is 10.1. The lowest BCUT2D eigenvalue weighted by atomic mass is 9.79. The molecule has 2 aliphatic heterocycles. The van der Waals surface area contributed by atoms with Gasteiger partial charge in [0.15, 0.2) is 0 Å². The van der Waals surface area contributed by atoms with Gasteiger partial charge in [0.1, 0.15) is 0 Å². The average molecular weight is 288 g/mol. The minimum Gasteiger partial charge on any atom is -0.372 e. The lowest BCUT2D eigenvalue weighted by Gasteiger charge is -2.41. The number of morpholine rings is 1. The number of fused-ring (bicyclic) bond motifs is 2. The van der Waals surface area contributed by atoms with E-state index in [1.54, 1.807) is 0 Å². The molecule has 3 rings (SSSR count). The molecule has 0 saturated carbocycles. The van der Waals surface area contributed by atoms with Gasteiger partial charge >= 0.3 is 0 Å². The number of nitrogens with one attached hydrogen (secondary N) is 1. The van der Waals surface area contributed by atoms with Gasteiger partial charge in [-0.3, -0.25) is 4.90 Å². The summed E-state index contributed by atoms with van der Waals surface area (Å²) in [5, 5.41) is 3.53. The summed E-state index contributed by atoms with van der Waals surface area (Å²) < 4.78 is 5.96. The molecule has 0 amide bonds. The number of likely N-dealkylation sites (tertiary alicyclic amines) is 1. The molecule has 2 heterocycles. The maximum Gasteiger partial charge on any atom is 0.0707 e. The standard InChI is InChI=1S/C18H28N2O/c1-18(2,17(19-3)14-7-5-4-6-8-14)13-20-11-15-9-10-16(12-20)21-15/h4-8,15-17,19H,9-13H2,1-3H3. The summed E-state index contributed by atoms with van der Waals surface area (Å²) in [6.07, 6.45) is 3.44. The molecule has 116 valence electrons. The maximum absolute atomic E-state index is 5.96. The fourth-order valence-corrected chi connectivity index (χ4v) is 4.15. The Morgan fingerprint density at radius 2 is 1.81 bits per heavy atom. The van der Waals surface area contributed by atoms with E-state index in [-0.39, 0.29) is 5.41 Å². The third kappa shape index (κ3) is 3.31. The zero-order valence-electron chi connectivity index (χ0n) is 13.5. The molecule has 0 aromatic heterocycles. The molecule has 1 aromatic carbocycles. The van der Waals surface area contributed by atoms with E-state index in [1.165, 1.54) is 18.4 Å². The summed E-state index contributed by atoms with van der Waals surface area (Å²) in [4.78, 5) is 2.61. The normalized spacial score (nSPS) is 27.8. The largest absolute Gasteiger partial charge is 0.372 e. The quantitative estimate of drug-likeness (QED) is 0.901. The predicted octanol–water partition coefficient (Wildman–Crippen LogP) is 2.84. The Morgan fingerprint density at radius 3 is 2.38 bits per heavy atom. The minimum absolute atomic E-state index is 0.187. The van der Waals surface area contributed by atoms with Crippen LogP contribution >= 0.6 is 0 Å². The highest BCUT2D eigenvalue weighted by Gasteiger charge is 2.38. The summed E-state index contributed by atoms with van der Waals surface area (Å²) in [6, 6.07) is 11.2. The van der Waals surface area contributed by atoms with Crippen LogP contribution in [0.2, 0.25) is 0 Å². The Balaban J connectivity index is 1.70. The van der Waals surface area contributed by atoms with Crippen molar-refractivity contribution in [1.82, 2.24) is 10.2 Å². The third-order valence-electron chi connectivity index (χ3n) is 4.95. The lowest BCUT2D eigenvalue weighted by Crippen LogP contribution is -2.49. The summed E-state index contributed by atoms with van der Waals surface area (Å²) in [5.41, 5.74) is 1.56. The van der Waals surface area contributed by atoms with Gasteiger partial charge in [-0.05, 0) is 30.9 Å². The van der Waals surface area contributed by atoms with Gasteiger partial charge < -0.3 is 10.1 Å². The van der Waals surface area contributed by atoms with E-state index >= 15 is 0 Å². The second-order valence-corrected chi connectivity index (χ2v) is 7.27. The van der Waals surface area contributed by atoms with Gasteiger partial charge in [-0.25, -0.2) is 0 Å². The highest BCUT2D eigenvalue weighted by atomic mass is 16.5. The van der Waals surface area contributed by atoms with Gasteiger partial charge in [-0.1, -0.05) is 44.2 Å². The minimum atomic E-state index is 0.187. The van der Waals surface area contributed by atoms with Gasteiger partial charge in [0, 0.05) is 25.7 Å². The Hall–Kier alpha value is -0.900. The van der Waals surface area contributed by atoms with E-state index in [1.807, 2.05) is 0 Å². The Kier molecular flexibility index (Phi) is 4.34. The molecular weight excluding hydrogens is 260 g/mol. The number of ether oxygens (including phenoxy) is 1. The second kappa shape index (κ2) is 6.07. The van der Waals surface area contributed by atoms with Crippen molar-refractivity contribution < 1.29 is 4.74 Å². The van der Waals surface area contributed by atoms with Gasteiger partial charge in [0.25, 0.3) is 0 Å². The van der Waals surface area contributed by atoms with Gasteiger partial charge in [0.05, 0.1) is 12.2 Å². The van der Waals surface area contributed by atoms with Crippen molar-refractivity contribution in [1.29, 1.82) is 0 Å². The fraction of sp³-hybridized carbons (Fsp3) is 0.667. The smallest absolute Gasteiger partial charge is 0.0707 e. The molecule has 0 radical (unpaired) electrons. The molecule has 21 heavy (non-hydrogen) atoms. The summed E-state index contributed by atoms with van der Waals surface area (Å²) >= 11 is 0. The molecule has 1 N–H and O–H groups in total. The first-order valence-electron chi connectivity index (χ1n) is 8.18. The molecule has 1 aromatic rings. The molecule has 3 unspecified atom stereocenters. The summed E-state index contributed by atoms with van der Waals surface area (Å²) in [5.74, 6) is 0. The molecule has 2 fully saturated rings. The molecule has 3 heteroatoms. The van der Waals surface area contributed by atoms with Crippen LogP contribution in [-0.2, 0) is 4.74 Å². The molecular formula is C18H28N2O. The van der Waals surface area contributed by atoms with Crippen LogP contribution in [0.4, 0.5) is 0 Å². The van der Waals surface area contributed by atoms with Crippen molar-refractivity contribution in [2.45, 2.75) is 44.9 Å².